The van der Waals surface area contributed by atoms with Gasteiger partial charge in [-0.05, 0) is 29.1 Å². The van der Waals surface area contributed by atoms with Crippen LogP contribution in [0.1, 0.15) is 10.4 Å². The summed E-state index contributed by atoms with van der Waals surface area (Å²) in [5.74, 6) is -1.69. The zero-order chi connectivity index (χ0) is 14.1. The third-order valence-electron chi connectivity index (χ3n) is 3.19. The number of carboxylic acids is 1. The molecular weight excluding hydrogens is 257 g/mol. The number of halogens is 1. The highest BCUT2D eigenvalue weighted by Crippen LogP contribution is 2.30. The molecule has 0 aliphatic rings. The summed E-state index contributed by atoms with van der Waals surface area (Å²) < 4.78 is 14.1. The minimum atomic E-state index is -1.14. The number of nitrogens with zero attached hydrogens (tertiary/aromatic N) is 1. The Morgan fingerprint density at radius 3 is 2.70 bits per heavy atom. The van der Waals surface area contributed by atoms with Crippen molar-refractivity contribution in [3.63, 3.8) is 0 Å². The average Bonchev–Trinajstić information content (AvgIpc) is 2.46. The minimum absolute atomic E-state index is 0.0619. The zero-order valence-electron chi connectivity index (χ0n) is 10.4. The van der Waals surface area contributed by atoms with E-state index < -0.39 is 11.8 Å². The van der Waals surface area contributed by atoms with Gasteiger partial charge in [-0.1, -0.05) is 24.3 Å². The molecule has 0 amide bonds. The van der Waals surface area contributed by atoms with Gasteiger partial charge in [-0.2, -0.15) is 0 Å². The van der Waals surface area contributed by atoms with Gasteiger partial charge >= 0.3 is 5.97 Å². The van der Waals surface area contributed by atoms with E-state index in [-0.39, 0.29) is 5.56 Å². The molecule has 98 valence electrons. The van der Waals surface area contributed by atoms with Crippen LogP contribution in [0.2, 0.25) is 0 Å². The second-order valence-corrected chi connectivity index (χ2v) is 4.40. The third-order valence-corrected chi connectivity index (χ3v) is 3.19. The van der Waals surface area contributed by atoms with E-state index in [2.05, 4.69) is 4.98 Å². The number of aromatic nitrogens is 1. The first-order chi connectivity index (χ1) is 9.66. The van der Waals surface area contributed by atoms with Crippen LogP contribution in [0.5, 0.6) is 0 Å². The first-order valence-corrected chi connectivity index (χ1v) is 6.03. The van der Waals surface area contributed by atoms with Gasteiger partial charge in [0.05, 0.1) is 5.56 Å². The SMILES string of the molecule is O=C(O)c1ccc(-c2cccc3cnccc23)c(F)c1. The Morgan fingerprint density at radius 1 is 1.10 bits per heavy atom. The van der Waals surface area contributed by atoms with Gasteiger partial charge in [-0.3, -0.25) is 4.98 Å². The summed E-state index contributed by atoms with van der Waals surface area (Å²) in [6, 6.07) is 11.3. The highest BCUT2D eigenvalue weighted by Gasteiger charge is 2.11. The lowest BCUT2D eigenvalue weighted by Crippen LogP contribution is -1.97. The highest BCUT2D eigenvalue weighted by atomic mass is 19.1. The van der Waals surface area contributed by atoms with Gasteiger partial charge in [-0.25, -0.2) is 9.18 Å². The number of carboxylic acid groups (broad SMARTS) is 1. The van der Waals surface area contributed by atoms with Crippen LogP contribution in [0, 0.1) is 5.82 Å². The lowest BCUT2D eigenvalue weighted by atomic mass is 9.98. The lowest BCUT2D eigenvalue weighted by Gasteiger charge is -2.08. The molecule has 1 N–H and O–H groups in total. The number of carbonyl (C=O) groups is 1. The maximum atomic E-state index is 14.1. The zero-order valence-corrected chi connectivity index (χ0v) is 10.4. The Bertz CT molecular complexity index is 809. The van der Waals surface area contributed by atoms with E-state index in [0.29, 0.717) is 5.56 Å². The van der Waals surface area contributed by atoms with Gasteiger partial charge in [0.15, 0.2) is 0 Å². The largest absolute Gasteiger partial charge is 0.478 e. The quantitative estimate of drug-likeness (QED) is 0.769. The molecule has 3 aromatic rings. The Kier molecular flexibility index (Phi) is 2.91. The molecule has 4 heteroatoms. The van der Waals surface area contributed by atoms with Crippen molar-refractivity contribution in [1.82, 2.24) is 4.98 Å². The molecule has 0 aliphatic heterocycles. The smallest absolute Gasteiger partial charge is 0.335 e. The average molecular weight is 267 g/mol. The van der Waals surface area contributed by atoms with E-state index in [4.69, 9.17) is 5.11 Å². The molecular formula is C16H10FNO2. The van der Waals surface area contributed by atoms with Crippen molar-refractivity contribution < 1.29 is 14.3 Å². The van der Waals surface area contributed by atoms with Crippen LogP contribution < -0.4 is 0 Å². The topological polar surface area (TPSA) is 50.2 Å². The summed E-state index contributed by atoms with van der Waals surface area (Å²) in [5, 5.41) is 10.7. The van der Waals surface area contributed by atoms with E-state index in [1.165, 1.54) is 12.1 Å². The van der Waals surface area contributed by atoms with Crippen LogP contribution in [0.4, 0.5) is 4.39 Å². The number of aromatic carboxylic acids is 1. The Hall–Kier alpha value is -2.75. The fraction of sp³-hybridized carbons (Fsp3) is 0. The molecule has 2 aromatic carbocycles. The molecule has 0 atom stereocenters. The molecule has 0 spiro atoms. The summed E-state index contributed by atoms with van der Waals surface area (Å²) in [4.78, 5) is 14.9. The van der Waals surface area contributed by atoms with E-state index in [0.717, 1.165) is 22.4 Å². The summed E-state index contributed by atoms with van der Waals surface area (Å²) >= 11 is 0. The van der Waals surface area contributed by atoms with Gasteiger partial charge in [0.25, 0.3) is 0 Å². The summed E-state index contributed by atoms with van der Waals surface area (Å²) in [6.45, 7) is 0. The molecule has 0 radical (unpaired) electrons. The number of pyridine rings is 1. The predicted molar refractivity (Wildman–Crippen MR) is 74.1 cm³/mol. The molecule has 0 unspecified atom stereocenters. The number of rotatable bonds is 2. The van der Waals surface area contributed by atoms with Gasteiger partial charge in [0, 0.05) is 23.3 Å². The van der Waals surface area contributed by atoms with Gasteiger partial charge < -0.3 is 5.11 Å². The van der Waals surface area contributed by atoms with Gasteiger partial charge in [0.1, 0.15) is 5.82 Å². The maximum absolute atomic E-state index is 14.1. The molecule has 0 bridgehead atoms. The molecule has 1 heterocycles. The highest BCUT2D eigenvalue weighted by molar-refractivity contribution is 5.97. The van der Waals surface area contributed by atoms with Crippen LogP contribution in [-0.2, 0) is 0 Å². The van der Waals surface area contributed by atoms with E-state index in [9.17, 15) is 9.18 Å². The summed E-state index contributed by atoms with van der Waals surface area (Å²) in [7, 11) is 0. The summed E-state index contributed by atoms with van der Waals surface area (Å²) in [5.41, 5.74) is 1.04. The van der Waals surface area contributed by atoms with Crippen molar-refractivity contribution in [2.24, 2.45) is 0 Å². The van der Waals surface area contributed by atoms with Crippen LogP contribution >= 0.6 is 0 Å². The first-order valence-electron chi connectivity index (χ1n) is 6.03. The Labute approximate surface area is 114 Å². The monoisotopic (exact) mass is 267 g/mol. The fourth-order valence-corrected chi connectivity index (χ4v) is 2.22. The normalized spacial score (nSPS) is 10.7. The maximum Gasteiger partial charge on any atom is 0.335 e. The van der Waals surface area contributed by atoms with Crippen molar-refractivity contribution in [3.05, 3.63) is 66.2 Å². The second kappa shape index (κ2) is 4.74. The number of fused-ring (bicyclic) bond motifs is 1. The number of hydrogen-bond acceptors (Lipinski definition) is 2. The van der Waals surface area contributed by atoms with E-state index >= 15 is 0 Å². The molecule has 20 heavy (non-hydrogen) atoms. The van der Waals surface area contributed by atoms with Crippen LogP contribution in [0.3, 0.4) is 0 Å². The molecule has 3 nitrogen and oxygen atoms in total. The van der Waals surface area contributed by atoms with Crippen molar-refractivity contribution in [3.8, 4) is 11.1 Å². The fourth-order valence-electron chi connectivity index (χ4n) is 2.22. The minimum Gasteiger partial charge on any atom is -0.478 e. The molecule has 1 aromatic heterocycles. The number of hydrogen-bond donors (Lipinski definition) is 1. The van der Waals surface area contributed by atoms with Gasteiger partial charge in [0.2, 0.25) is 0 Å². The van der Waals surface area contributed by atoms with Crippen LogP contribution in [0.15, 0.2) is 54.9 Å². The van der Waals surface area contributed by atoms with Gasteiger partial charge in [-0.15, -0.1) is 0 Å². The molecule has 0 saturated heterocycles. The van der Waals surface area contributed by atoms with Crippen LogP contribution in [0.25, 0.3) is 21.9 Å². The van der Waals surface area contributed by atoms with E-state index in [1.807, 2.05) is 18.2 Å². The van der Waals surface area contributed by atoms with E-state index in [1.54, 1.807) is 18.5 Å². The molecule has 0 saturated carbocycles. The second-order valence-electron chi connectivity index (χ2n) is 4.40. The standard InChI is InChI=1S/C16H10FNO2/c17-15-8-10(16(19)20)4-5-14(15)13-3-1-2-11-9-18-7-6-12(11)13/h1-9H,(H,19,20). The van der Waals surface area contributed by atoms with Crippen LogP contribution in [-0.4, -0.2) is 16.1 Å². The molecule has 0 fully saturated rings. The first kappa shape index (κ1) is 12.3. The molecule has 3 rings (SSSR count). The summed E-state index contributed by atoms with van der Waals surface area (Å²) in [6.07, 6.45) is 3.36. The predicted octanol–water partition coefficient (Wildman–Crippen LogP) is 3.74. The third kappa shape index (κ3) is 2.01. The van der Waals surface area contributed by atoms with Crippen molar-refractivity contribution in [1.29, 1.82) is 0 Å². The number of benzene rings is 2. The van der Waals surface area contributed by atoms with Crippen molar-refractivity contribution in [2.75, 3.05) is 0 Å². The van der Waals surface area contributed by atoms with Crippen molar-refractivity contribution >= 4 is 16.7 Å². The Morgan fingerprint density at radius 2 is 1.95 bits per heavy atom. The lowest BCUT2D eigenvalue weighted by molar-refractivity contribution is 0.0696. The Balaban J connectivity index is 2.23. The van der Waals surface area contributed by atoms with Crippen molar-refractivity contribution in [2.45, 2.75) is 0 Å². The molecule has 0 aliphatic carbocycles.